The highest BCUT2D eigenvalue weighted by Crippen LogP contribution is 2.17. The van der Waals surface area contributed by atoms with E-state index < -0.39 is 0 Å². The largest absolute Gasteiger partial charge is 0.370 e. The lowest BCUT2D eigenvalue weighted by Crippen LogP contribution is -2.27. The number of likely N-dealkylation sites (tertiary alicyclic amines) is 1. The second-order valence-electron chi connectivity index (χ2n) is 5.32. The molecule has 0 unspecified atom stereocenters. The molecule has 1 aliphatic heterocycles. The van der Waals surface area contributed by atoms with E-state index >= 15 is 0 Å². The third-order valence-electron chi connectivity index (χ3n) is 3.75. The van der Waals surface area contributed by atoms with E-state index in [-0.39, 0.29) is 0 Å². The van der Waals surface area contributed by atoms with Crippen LogP contribution in [-0.4, -0.2) is 47.6 Å². The summed E-state index contributed by atoms with van der Waals surface area (Å²) in [6, 6.07) is 2.73. The first-order valence-electron chi connectivity index (χ1n) is 7.18. The fourth-order valence-corrected chi connectivity index (χ4v) is 2.71. The molecular weight excluding hydrogens is 238 g/mol. The lowest BCUT2D eigenvalue weighted by molar-refractivity contribution is 0.301. The molecule has 0 radical (unpaired) electrons. The maximum atomic E-state index is 5.57. The molecule has 2 rings (SSSR count). The molecule has 2 heterocycles. The Kier molecular flexibility index (Phi) is 5.10. The van der Waals surface area contributed by atoms with E-state index in [0.29, 0.717) is 6.54 Å². The number of hydrogen-bond acceptors (Lipinski definition) is 5. The number of aryl methyl sites for hydroxylation is 1. The quantitative estimate of drug-likeness (QED) is 0.807. The first-order chi connectivity index (χ1) is 9.19. The third-order valence-corrected chi connectivity index (χ3v) is 3.75. The van der Waals surface area contributed by atoms with Crippen molar-refractivity contribution in [3.8, 4) is 0 Å². The number of hydrogen-bond donors (Lipinski definition) is 2. The molecule has 0 amide bonds. The lowest BCUT2D eigenvalue weighted by atomic mass is 10.1. The average Bonchev–Trinajstić information content (AvgIpc) is 2.75. The molecule has 0 aliphatic carbocycles. The molecule has 5 nitrogen and oxygen atoms in total. The zero-order valence-corrected chi connectivity index (χ0v) is 12.0. The highest BCUT2D eigenvalue weighted by atomic mass is 15.1. The van der Waals surface area contributed by atoms with Gasteiger partial charge in [-0.15, -0.1) is 0 Å². The number of anilines is 1. The monoisotopic (exact) mass is 263 g/mol. The van der Waals surface area contributed by atoms with Crippen LogP contribution in [0.15, 0.2) is 6.07 Å². The van der Waals surface area contributed by atoms with E-state index in [9.17, 15) is 0 Å². The fourth-order valence-electron chi connectivity index (χ4n) is 2.71. The highest BCUT2D eigenvalue weighted by Gasteiger charge is 2.19. The molecule has 0 spiro atoms. The van der Waals surface area contributed by atoms with Gasteiger partial charge in [-0.1, -0.05) is 0 Å². The maximum absolute atomic E-state index is 5.57. The summed E-state index contributed by atoms with van der Waals surface area (Å²) in [5.41, 5.74) is 6.60. The third kappa shape index (κ3) is 4.14. The Morgan fingerprint density at radius 2 is 2.32 bits per heavy atom. The molecule has 0 bridgehead atoms. The molecule has 106 valence electrons. The van der Waals surface area contributed by atoms with Crippen LogP contribution < -0.4 is 11.1 Å². The Balaban J connectivity index is 1.84. The van der Waals surface area contributed by atoms with Gasteiger partial charge in [0.1, 0.15) is 11.6 Å². The zero-order chi connectivity index (χ0) is 13.7. The summed E-state index contributed by atoms with van der Waals surface area (Å²) in [6.07, 6.45) is 4.63. The minimum Gasteiger partial charge on any atom is -0.370 e. The Labute approximate surface area is 115 Å². The van der Waals surface area contributed by atoms with Gasteiger partial charge in [0.15, 0.2) is 0 Å². The van der Waals surface area contributed by atoms with Crippen LogP contribution in [0.2, 0.25) is 0 Å². The molecule has 1 saturated heterocycles. The molecule has 1 aromatic rings. The van der Waals surface area contributed by atoms with Gasteiger partial charge in [0, 0.05) is 30.8 Å². The standard InChI is InChI=1S/C14H25N5/c1-11-17-12(5-7-15)10-14(18-11)16-8-6-13-4-3-9-19(13)2/h10,13H,3-9,15H2,1-2H3,(H,16,17,18)/t13-/m1/s1. The lowest BCUT2D eigenvalue weighted by Gasteiger charge is -2.19. The molecule has 0 saturated carbocycles. The van der Waals surface area contributed by atoms with Gasteiger partial charge in [0.2, 0.25) is 0 Å². The van der Waals surface area contributed by atoms with Crippen molar-refractivity contribution >= 4 is 5.82 Å². The predicted molar refractivity (Wildman–Crippen MR) is 78.3 cm³/mol. The molecule has 1 aliphatic rings. The minimum atomic E-state index is 0.628. The van der Waals surface area contributed by atoms with Gasteiger partial charge in [-0.3, -0.25) is 0 Å². The van der Waals surface area contributed by atoms with Crippen LogP contribution in [0.4, 0.5) is 5.82 Å². The van der Waals surface area contributed by atoms with Gasteiger partial charge in [0.25, 0.3) is 0 Å². The van der Waals surface area contributed by atoms with E-state index in [0.717, 1.165) is 36.3 Å². The number of nitrogens with one attached hydrogen (secondary N) is 1. The summed E-state index contributed by atoms with van der Waals surface area (Å²) >= 11 is 0. The molecule has 1 atom stereocenters. The molecule has 0 aromatic carbocycles. The van der Waals surface area contributed by atoms with Gasteiger partial charge in [-0.2, -0.15) is 0 Å². The number of nitrogens with zero attached hydrogens (tertiary/aromatic N) is 3. The fraction of sp³-hybridized carbons (Fsp3) is 0.714. The van der Waals surface area contributed by atoms with Gasteiger partial charge in [-0.05, 0) is 46.3 Å². The van der Waals surface area contributed by atoms with Crippen molar-refractivity contribution in [2.24, 2.45) is 5.73 Å². The van der Waals surface area contributed by atoms with Crippen molar-refractivity contribution in [1.82, 2.24) is 14.9 Å². The van der Waals surface area contributed by atoms with E-state index in [1.165, 1.54) is 25.8 Å². The van der Waals surface area contributed by atoms with Crippen molar-refractivity contribution in [3.63, 3.8) is 0 Å². The topological polar surface area (TPSA) is 67.1 Å². The van der Waals surface area contributed by atoms with Crippen molar-refractivity contribution < 1.29 is 0 Å². The summed E-state index contributed by atoms with van der Waals surface area (Å²) in [6.45, 7) is 4.75. The van der Waals surface area contributed by atoms with E-state index in [1.54, 1.807) is 0 Å². The highest BCUT2D eigenvalue weighted by molar-refractivity contribution is 5.36. The predicted octanol–water partition coefficient (Wildman–Crippen LogP) is 1.18. The maximum Gasteiger partial charge on any atom is 0.129 e. The van der Waals surface area contributed by atoms with Crippen molar-refractivity contribution in [3.05, 3.63) is 17.6 Å². The molecular formula is C14H25N5. The summed E-state index contributed by atoms with van der Waals surface area (Å²) in [7, 11) is 2.21. The molecule has 5 heteroatoms. The van der Waals surface area contributed by atoms with Crippen LogP contribution in [0, 0.1) is 6.92 Å². The van der Waals surface area contributed by atoms with Crippen molar-refractivity contribution in [2.75, 3.05) is 32.0 Å². The number of aromatic nitrogens is 2. The van der Waals surface area contributed by atoms with E-state index in [2.05, 4.69) is 27.2 Å². The number of rotatable bonds is 6. The normalized spacial score (nSPS) is 19.8. The Hall–Kier alpha value is -1.20. The van der Waals surface area contributed by atoms with E-state index in [4.69, 9.17) is 5.73 Å². The second kappa shape index (κ2) is 6.82. The zero-order valence-electron chi connectivity index (χ0n) is 12.0. The Bertz CT molecular complexity index is 407. The van der Waals surface area contributed by atoms with Crippen LogP contribution in [0.3, 0.4) is 0 Å². The number of nitrogens with two attached hydrogens (primary N) is 1. The van der Waals surface area contributed by atoms with Gasteiger partial charge in [-0.25, -0.2) is 9.97 Å². The molecule has 3 N–H and O–H groups in total. The minimum absolute atomic E-state index is 0.628. The van der Waals surface area contributed by atoms with Crippen LogP contribution in [0.5, 0.6) is 0 Å². The summed E-state index contributed by atoms with van der Waals surface area (Å²) in [5, 5.41) is 3.41. The van der Waals surface area contributed by atoms with Crippen LogP contribution in [-0.2, 0) is 6.42 Å². The van der Waals surface area contributed by atoms with Crippen molar-refractivity contribution in [2.45, 2.75) is 38.6 Å². The molecule has 1 fully saturated rings. The summed E-state index contributed by atoms with van der Waals surface area (Å²) in [5.74, 6) is 1.74. The van der Waals surface area contributed by atoms with Crippen LogP contribution >= 0.6 is 0 Å². The average molecular weight is 263 g/mol. The summed E-state index contributed by atoms with van der Waals surface area (Å²) < 4.78 is 0. The second-order valence-corrected chi connectivity index (χ2v) is 5.32. The Morgan fingerprint density at radius 1 is 1.47 bits per heavy atom. The first kappa shape index (κ1) is 14.2. The summed E-state index contributed by atoms with van der Waals surface area (Å²) in [4.78, 5) is 11.3. The first-order valence-corrected chi connectivity index (χ1v) is 7.18. The SMILES string of the molecule is Cc1nc(CCN)cc(NCC[C@H]2CCCN2C)n1. The Morgan fingerprint density at radius 3 is 3.00 bits per heavy atom. The van der Waals surface area contributed by atoms with Crippen LogP contribution in [0.25, 0.3) is 0 Å². The van der Waals surface area contributed by atoms with Gasteiger partial charge < -0.3 is 16.0 Å². The van der Waals surface area contributed by atoms with E-state index in [1.807, 2.05) is 13.0 Å². The smallest absolute Gasteiger partial charge is 0.129 e. The molecule has 19 heavy (non-hydrogen) atoms. The molecule has 1 aromatic heterocycles. The van der Waals surface area contributed by atoms with Gasteiger partial charge >= 0.3 is 0 Å². The van der Waals surface area contributed by atoms with Gasteiger partial charge in [0.05, 0.1) is 0 Å². The van der Waals surface area contributed by atoms with Crippen LogP contribution in [0.1, 0.15) is 30.8 Å². The van der Waals surface area contributed by atoms with Crippen molar-refractivity contribution in [1.29, 1.82) is 0 Å².